The summed E-state index contributed by atoms with van der Waals surface area (Å²) in [6.07, 6.45) is 2.06. The highest BCUT2D eigenvalue weighted by atomic mass is 19.1. The molecule has 0 spiro atoms. The minimum Gasteiger partial charge on any atom is -0.490 e. The fourth-order valence-electron chi connectivity index (χ4n) is 3.39. The number of carbonyl (C=O) groups excluding carboxylic acids is 4. The quantitative estimate of drug-likeness (QED) is 0.0852. The van der Waals surface area contributed by atoms with E-state index in [1.54, 1.807) is 24.3 Å². The van der Waals surface area contributed by atoms with Crippen LogP contribution in [0.4, 0.5) is 4.39 Å². The van der Waals surface area contributed by atoms with Gasteiger partial charge in [-0.3, -0.25) is 0 Å². The molecule has 9 nitrogen and oxygen atoms in total. The van der Waals surface area contributed by atoms with Crippen molar-refractivity contribution >= 4 is 29.5 Å². The van der Waals surface area contributed by atoms with E-state index in [1.807, 2.05) is 0 Å². The number of carbonyl (C=O) groups is 4. The molecule has 10 heteroatoms. The molecular formula is C32H27FO9. The fraction of sp³-hybridized carbons (Fsp3) is 0.125. The Balaban J connectivity index is 1.54. The molecule has 0 radical (unpaired) electrons. The van der Waals surface area contributed by atoms with Crippen LogP contribution in [-0.4, -0.2) is 50.3 Å². The molecule has 0 aliphatic heterocycles. The molecule has 0 atom stereocenters. The van der Waals surface area contributed by atoms with Gasteiger partial charge in [0, 0.05) is 17.7 Å². The molecule has 0 N–H and O–H groups in total. The first-order valence-electron chi connectivity index (χ1n) is 12.5. The first-order valence-corrected chi connectivity index (χ1v) is 12.5. The van der Waals surface area contributed by atoms with Crippen LogP contribution >= 0.6 is 0 Å². The molecule has 3 rings (SSSR count). The standard InChI is InChI=1S/C32H27FO9/c1-4-29(34)39-17-16-38-25-11-13-26(14-12-25)42-31(36)21(3)24-10-15-27(28(33)20-24)22-6-8-23(9-7-22)32(37)41-19-18-40-30(35)5-2/h4-15,20H,1-3,16-19H2. The van der Waals surface area contributed by atoms with Gasteiger partial charge in [-0.15, -0.1) is 0 Å². The predicted molar refractivity (Wildman–Crippen MR) is 151 cm³/mol. The molecule has 0 aliphatic rings. The van der Waals surface area contributed by atoms with E-state index in [0.29, 0.717) is 11.3 Å². The lowest BCUT2D eigenvalue weighted by atomic mass is 9.99. The zero-order chi connectivity index (χ0) is 30.5. The number of benzene rings is 3. The van der Waals surface area contributed by atoms with Gasteiger partial charge in [0.25, 0.3) is 0 Å². The molecule has 0 fully saturated rings. The second-order valence-electron chi connectivity index (χ2n) is 8.34. The summed E-state index contributed by atoms with van der Waals surface area (Å²) in [5, 5.41) is 0. The van der Waals surface area contributed by atoms with Gasteiger partial charge in [0.1, 0.15) is 43.7 Å². The van der Waals surface area contributed by atoms with Gasteiger partial charge in [-0.2, -0.15) is 0 Å². The predicted octanol–water partition coefficient (Wildman–Crippen LogP) is 5.11. The van der Waals surface area contributed by atoms with Crippen LogP contribution in [0.1, 0.15) is 15.9 Å². The smallest absolute Gasteiger partial charge is 0.343 e. The lowest BCUT2D eigenvalue weighted by Crippen LogP contribution is -2.12. The van der Waals surface area contributed by atoms with E-state index in [0.717, 1.165) is 12.2 Å². The lowest BCUT2D eigenvalue weighted by molar-refractivity contribution is -0.139. The topological polar surface area (TPSA) is 114 Å². The monoisotopic (exact) mass is 574 g/mol. The summed E-state index contributed by atoms with van der Waals surface area (Å²) in [6, 6.07) is 16.4. The van der Waals surface area contributed by atoms with Crippen LogP contribution in [0.3, 0.4) is 0 Å². The van der Waals surface area contributed by atoms with Crippen LogP contribution in [0.2, 0.25) is 0 Å². The number of hydrogen-bond donors (Lipinski definition) is 0. The third kappa shape index (κ3) is 9.02. The molecular weight excluding hydrogens is 547 g/mol. The van der Waals surface area contributed by atoms with Crippen LogP contribution in [0.25, 0.3) is 16.7 Å². The molecule has 0 bridgehead atoms. The van der Waals surface area contributed by atoms with Gasteiger partial charge in [0.15, 0.2) is 0 Å². The van der Waals surface area contributed by atoms with Crippen molar-refractivity contribution in [2.45, 2.75) is 0 Å². The van der Waals surface area contributed by atoms with Gasteiger partial charge in [0.2, 0.25) is 0 Å². The zero-order valence-corrected chi connectivity index (χ0v) is 22.5. The maximum atomic E-state index is 15.0. The molecule has 0 aromatic heterocycles. The first kappa shape index (κ1) is 31.0. The van der Waals surface area contributed by atoms with Gasteiger partial charge in [-0.05, 0) is 53.6 Å². The van der Waals surface area contributed by atoms with Gasteiger partial charge in [0.05, 0.1) is 11.1 Å². The van der Waals surface area contributed by atoms with Crippen molar-refractivity contribution in [1.82, 2.24) is 0 Å². The lowest BCUT2D eigenvalue weighted by Gasteiger charge is -2.11. The highest BCUT2D eigenvalue weighted by Gasteiger charge is 2.16. The van der Waals surface area contributed by atoms with E-state index in [9.17, 15) is 19.2 Å². The summed E-state index contributed by atoms with van der Waals surface area (Å²) in [5.74, 6) is -2.49. The van der Waals surface area contributed by atoms with Crippen molar-refractivity contribution in [2.24, 2.45) is 0 Å². The molecule has 0 aliphatic carbocycles. The minimum absolute atomic E-state index is 0.0503. The molecule has 0 heterocycles. The van der Waals surface area contributed by atoms with Crippen LogP contribution in [0.15, 0.2) is 98.6 Å². The average molecular weight is 575 g/mol. The molecule has 0 amide bonds. The number of esters is 4. The van der Waals surface area contributed by atoms with Gasteiger partial charge >= 0.3 is 23.9 Å². The van der Waals surface area contributed by atoms with E-state index >= 15 is 4.39 Å². The van der Waals surface area contributed by atoms with Crippen LogP contribution in [-0.2, 0) is 28.6 Å². The Labute approximate surface area is 241 Å². The Bertz CT molecular complexity index is 1470. The molecule has 0 saturated heterocycles. The van der Waals surface area contributed by atoms with Crippen LogP contribution < -0.4 is 9.47 Å². The maximum absolute atomic E-state index is 15.0. The van der Waals surface area contributed by atoms with E-state index in [2.05, 4.69) is 19.7 Å². The van der Waals surface area contributed by atoms with Gasteiger partial charge in [-0.1, -0.05) is 44.0 Å². The van der Waals surface area contributed by atoms with Crippen molar-refractivity contribution in [3.63, 3.8) is 0 Å². The van der Waals surface area contributed by atoms with Gasteiger partial charge in [-0.25, -0.2) is 23.6 Å². The summed E-state index contributed by atoms with van der Waals surface area (Å²) in [7, 11) is 0. The van der Waals surface area contributed by atoms with E-state index < -0.39 is 29.7 Å². The maximum Gasteiger partial charge on any atom is 0.343 e. The molecule has 0 saturated carbocycles. The number of hydrogen-bond acceptors (Lipinski definition) is 9. The highest BCUT2D eigenvalue weighted by molar-refractivity contribution is 6.16. The Hall–Kier alpha value is -5.51. The van der Waals surface area contributed by atoms with Crippen molar-refractivity contribution in [3.05, 3.63) is 116 Å². The van der Waals surface area contributed by atoms with E-state index in [4.69, 9.17) is 23.7 Å². The molecule has 0 unspecified atom stereocenters. The average Bonchev–Trinajstić information content (AvgIpc) is 3.01. The van der Waals surface area contributed by atoms with E-state index in [-0.39, 0.29) is 54.4 Å². The zero-order valence-electron chi connectivity index (χ0n) is 22.5. The molecule has 3 aromatic carbocycles. The summed E-state index contributed by atoms with van der Waals surface area (Å²) in [5.41, 5.74) is 1.14. The summed E-state index contributed by atoms with van der Waals surface area (Å²) >= 11 is 0. The third-order valence-corrected chi connectivity index (χ3v) is 5.52. The summed E-state index contributed by atoms with van der Waals surface area (Å²) in [6.45, 7) is 10.2. The van der Waals surface area contributed by atoms with Crippen molar-refractivity contribution in [3.8, 4) is 22.6 Å². The Kier molecular flexibility index (Phi) is 11.3. The second kappa shape index (κ2) is 15.3. The summed E-state index contributed by atoms with van der Waals surface area (Å²) in [4.78, 5) is 46.8. The van der Waals surface area contributed by atoms with Crippen molar-refractivity contribution < 1.29 is 47.3 Å². The second-order valence-corrected chi connectivity index (χ2v) is 8.34. The minimum atomic E-state index is -0.769. The fourth-order valence-corrected chi connectivity index (χ4v) is 3.39. The van der Waals surface area contributed by atoms with Crippen LogP contribution in [0, 0.1) is 5.82 Å². The molecule has 42 heavy (non-hydrogen) atoms. The van der Waals surface area contributed by atoms with Crippen molar-refractivity contribution in [2.75, 3.05) is 26.4 Å². The normalized spacial score (nSPS) is 10.1. The summed E-state index contributed by atoms with van der Waals surface area (Å²) < 4.78 is 40.4. The van der Waals surface area contributed by atoms with Crippen LogP contribution in [0.5, 0.6) is 11.5 Å². The highest BCUT2D eigenvalue weighted by Crippen LogP contribution is 2.27. The Morgan fingerprint density at radius 2 is 1.24 bits per heavy atom. The number of rotatable bonds is 14. The number of halogens is 1. The molecule has 216 valence electrons. The Morgan fingerprint density at radius 3 is 1.83 bits per heavy atom. The van der Waals surface area contributed by atoms with Crippen molar-refractivity contribution in [1.29, 1.82) is 0 Å². The largest absolute Gasteiger partial charge is 0.490 e. The Morgan fingerprint density at radius 1 is 0.690 bits per heavy atom. The van der Waals surface area contributed by atoms with Gasteiger partial charge < -0.3 is 23.7 Å². The third-order valence-electron chi connectivity index (χ3n) is 5.52. The first-order chi connectivity index (χ1) is 20.2. The van der Waals surface area contributed by atoms with E-state index in [1.165, 1.54) is 42.5 Å². The number of ether oxygens (including phenoxy) is 5. The SMILES string of the molecule is C=CC(=O)OCCOC(=O)c1ccc(-c2ccc(C(=C)C(=O)Oc3ccc(OCCOC(=O)C=C)cc3)cc2F)cc1. The molecule has 3 aromatic rings.